The Hall–Kier alpha value is -1.71. The van der Waals surface area contributed by atoms with Gasteiger partial charge in [0, 0.05) is 40.4 Å². The highest BCUT2D eigenvalue weighted by atomic mass is 16.5. The Morgan fingerprint density at radius 2 is 2.10 bits per heavy atom. The number of hydrogen-bond donors (Lipinski definition) is 2. The Morgan fingerprint density at radius 3 is 2.76 bits per heavy atom. The van der Waals surface area contributed by atoms with E-state index in [1.165, 1.54) is 0 Å². The molecule has 1 aromatic heterocycles. The first-order chi connectivity index (χ1) is 10.2. The molecule has 1 aromatic rings. The smallest absolute Gasteiger partial charge is 0.243 e. The van der Waals surface area contributed by atoms with Crippen molar-refractivity contribution in [3.63, 3.8) is 0 Å². The van der Waals surface area contributed by atoms with E-state index in [0.717, 1.165) is 26.1 Å². The van der Waals surface area contributed by atoms with Gasteiger partial charge in [0.2, 0.25) is 17.8 Å². The maximum absolute atomic E-state index is 5.45. The van der Waals surface area contributed by atoms with Crippen molar-refractivity contribution in [2.24, 2.45) is 5.84 Å². The monoisotopic (exact) mass is 297 g/mol. The first kappa shape index (κ1) is 15.7. The summed E-state index contributed by atoms with van der Waals surface area (Å²) in [6, 6.07) is 0. The summed E-state index contributed by atoms with van der Waals surface area (Å²) in [5.74, 6) is 7.03. The highest BCUT2D eigenvalue weighted by Gasteiger charge is 2.17. The van der Waals surface area contributed by atoms with Crippen molar-refractivity contribution in [3.8, 4) is 0 Å². The van der Waals surface area contributed by atoms with Gasteiger partial charge in [-0.2, -0.15) is 15.0 Å². The van der Waals surface area contributed by atoms with Crippen LogP contribution < -0.4 is 21.1 Å². The second kappa shape index (κ2) is 7.91. The first-order valence-corrected chi connectivity index (χ1v) is 7.00. The van der Waals surface area contributed by atoms with E-state index >= 15 is 0 Å². The predicted octanol–water partition coefficient (Wildman–Crippen LogP) is -0.533. The molecule has 0 amide bonds. The van der Waals surface area contributed by atoms with Crippen LogP contribution in [0, 0.1) is 0 Å². The molecule has 1 aliphatic heterocycles. The molecule has 1 saturated heterocycles. The normalized spacial score (nSPS) is 15.1. The highest BCUT2D eigenvalue weighted by Crippen LogP contribution is 2.16. The molecule has 9 nitrogen and oxygen atoms in total. The molecule has 0 aromatic carbocycles. The van der Waals surface area contributed by atoms with Crippen LogP contribution in [0.25, 0.3) is 0 Å². The number of hydrogen-bond acceptors (Lipinski definition) is 9. The van der Waals surface area contributed by atoms with Gasteiger partial charge in [-0.3, -0.25) is 5.43 Å². The second-order valence-corrected chi connectivity index (χ2v) is 4.77. The molecule has 0 aliphatic carbocycles. The van der Waals surface area contributed by atoms with E-state index in [9.17, 15) is 0 Å². The zero-order valence-electron chi connectivity index (χ0n) is 12.6. The van der Waals surface area contributed by atoms with Gasteiger partial charge in [-0.15, -0.1) is 0 Å². The minimum atomic E-state index is 0.361. The summed E-state index contributed by atoms with van der Waals surface area (Å²) in [6.45, 7) is 4.38. The lowest BCUT2D eigenvalue weighted by Gasteiger charge is -2.27. The van der Waals surface area contributed by atoms with Crippen LogP contribution in [0.3, 0.4) is 0 Å². The fourth-order valence-electron chi connectivity index (χ4n) is 2.04. The van der Waals surface area contributed by atoms with Gasteiger partial charge >= 0.3 is 0 Å². The Kier molecular flexibility index (Phi) is 5.90. The van der Waals surface area contributed by atoms with E-state index < -0.39 is 0 Å². The van der Waals surface area contributed by atoms with Gasteiger partial charge < -0.3 is 19.3 Å². The summed E-state index contributed by atoms with van der Waals surface area (Å²) in [6.07, 6.45) is 0.900. The van der Waals surface area contributed by atoms with Gasteiger partial charge in [0.1, 0.15) is 0 Å². The van der Waals surface area contributed by atoms with Crippen molar-refractivity contribution in [2.75, 3.05) is 68.8 Å². The summed E-state index contributed by atoms with van der Waals surface area (Å²) in [5, 5.41) is 0. The number of aromatic nitrogens is 3. The van der Waals surface area contributed by atoms with Crippen molar-refractivity contribution in [2.45, 2.75) is 6.42 Å². The van der Waals surface area contributed by atoms with Crippen LogP contribution in [0.1, 0.15) is 6.42 Å². The molecule has 9 heteroatoms. The standard InChI is InChI=1S/C12H23N7O2/c1-18(4-3-7-20-2)11-14-10(17-13)15-12(16-11)19-5-8-21-9-6-19/h3-9,13H2,1-2H3,(H,14,15,16,17). The molecule has 118 valence electrons. The van der Waals surface area contributed by atoms with Crippen LogP contribution in [0.5, 0.6) is 0 Å². The van der Waals surface area contributed by atoms with Crippen molar-refractivity contribution >= 4 is 17.8 Å². The van der Waals surface area contributed by atoms with Crippen LogP contribution in [0.4, 0.5) is 17.8 Å². The molecule has 2 rings (SSSR count). The van der Waals surface area contributed by atoms with Gasteiger partial charge in [0.25, 0.3) is 0 Å². The predicted molar refractivity (Wildman–Crippen MR) is 80.4 cm³/mol. The number of nitrogens with two attached hydrogens (primary N) is 1. The number of rotatable bonds is 7. The molecule has 2 heterocycles. The number of morpholine rings is 1. The Labute approximate surface area is 124 Å². The fourth-order valence-corrected chi connectivity index (χ4v) is 2.04. The third-order valence-electron chi connectivity index (χ3n) is 3.22. The van der Waals surface area contributed by atoms with Crippen molar-refractivity contribution in [1.82, 2.24) is 15.0 Å². The van der Waals surface area contributed by atoms with Gasteiger partial charge in [-0.25, -0.2) is 5.84 Å². The van der Waals surface area contributed by atoms with Gasteiger partial charge in [-0.1, -0.05) is 0 Å². The molecular weight excluding hydrogens is 274 g/mol. The topological polar surface area (TPSA) is 102 Å². The number of nitrogens with one attached hydrogen (secondary N) is 1. The van der Waals surface area contributed by atoms with Crippen molar-refractivity contribution in [3.05, 3.63) is 0 Å². The van der Waals surface area contributed by atoms with Crippen LogP contribution in [-0.2, 0) is 9.47 Å². The molecule has 0 spiro atoms. The van der Waals surface area contributed by atoms with Gasteiger partial charge in [-0.05, 0) is 6.42 Å². The second-order valence-electron chi connectivity index (χ2n) is 4.77. The Bertz CT molecular complexity index is 440. The van der Waals surface area contributed by atoms with E-state index in [4.69, 9.17) is 15.3 Å². The highest BCUT2D eigenvalue weighted by molar-refractivity contribution is 5.44. The number of hydrazine groups is 1. The van der Waals surface area contributed by atoms with Gasteiger partial charge in [0.05, 0.1) is 13.2 Å². The average Bonchev–Trinajstić information content (AvgIpc) is 2.55. The molecule has 1 fully saturated rings. The minimum absolute atomic E-state index is 0.361. The molecule has 0 saturated carbocycles. The third kappa shape index (κ3) is 4.38. The lowest BCUT2D eigenvalue weighted by molar-refractivity contribution is 0.122. The van der Waals surface area contributed by atoms with E-state index in [0.29, 0.717) is 37.7 Å². The third-order valence-corrected chi connectivity index (χ3v) is 3.22. The van der Waals surface area contributed by atoms with E-state index in [1.54, 1.807) is 7.11 Å². The largest absolute Gasteiger partial charge is 0.385 e. The number of anilines is 3. The molecule has 0 bridgehead atoms. The number of nitrogens with zero attached hydrogens (tertiary/aromatic N) is 5. The van der Waals surface area contributed by atoms with Gasteiger partial charge in [0.15, 0.2) is 0 Å². The van der Waals surface area contributed by atoms with Crippen LogP contribution in [0.2, 0.25) is 0 Å². The SMILES string of the molecule is COCCCN(C)c1nc(NN)nc(N2CCOCC2)n1. The molecule has 0 radical (unpaired) electrons. The summed E-state index contributed by atoms with van der Waals surface area (Å²) in [7, 11) is 3.63. The number of ether oxygens (including phenoxy) is 2. The van der Waals surface area contributed by atoms with Crippen LogP contribution in [0.15, 0.2) is 0 Å². The lowest BCUT2D eigenvalue weighted by Crippen LogP contribution is -2.38. The van der Waals surface area contributed by atoms with Crippen LogP contribution in [-0.4, -0.2) is 68.6 Å². The maximum atomic E-state index is 5.45. The maximum Gasteiger partial charge on any atom is 0.243 e. The molecule has 0 atom stereocenters. The molecular formula is C12H23N7O2. The molecule has 1 aliphatic rings. The summed E-state index contributed by atoms with van der Waals surface area (Å²) < 4.78 is 10.4. The minimum Gasteiger partial charge on any atom is -0.385 e. The van der Waals surface area contributed by atoms with Crippen molar-refractivity contribution < 1.29 is 9.47 Å². The zero-order valence-corrected chi connectivity index (χ0v) is 12.6. The quantitative estimate of drug-likeness (QED) is 0.390. The molecule has 21 heavy (non-hydrogen) atoms. The molecule has 0 unspecified atom stereocenters. The summed E-state index contributed by atoms with van der Waals surface area (Å²) in [5.41, 5.74) is 2.50. The van der Waals surface area contributed by atoms with E-state index in [2.05, 4.69) is 25.3 Å². The number of methoxy groups -OCH3 is 1. The van der Waals surface area contributed by atoms with E-state index in [1.807, 2.05) is 11.9 Å². The lowest BCUT2D eigenvalue weighted by atomic mass is 10.4. The Balaban J connectivity index is 2.12. The fraction of sp³-hybridized carbons (Fsp3) is 0.750. The number of nitrogen functional groups attached to an aromatic ring is 1. The van der Waals surface area contributed by atoms with Crippen LogP contribution >= 0.6 is 0 Å². The first-order valence-electron chi connectivity index (χ1n) is 7.00. The summed E-state index contributed by atoms with van der Waals surface area (Å²) >= 11 is 0. The Morgan fingerprint density at radius 1 is 1.33 bits per heavy atom. The van der Waals surface area contributed by atoms with E-state index in [-0.39, 0.29) is 0 Å². The van der Waals surface area contributed by atoms with Crippen molar-refractivity contribution in [1.29, 1.82) is 0 Å². The zero-order chi connectivity index (χ0) is 15.1. The molecule has 3 N–H and O–H groups in total. The average molecular weight is 297 g/mol. The summed E-state index contributed by atoms with van der Waals surface area (Å²) in [4.78, 5) is 17.2.